The molecule has 1 aliphatic heterocycles. The van der Waals surface area contributed by atoms with Crippen LogP contribution in [0.2, 0.25) is 0 Å². The molecule has 0 spiro atoms. The average Bonchev–Trinajstić information content (AvgIpc) is 2.73. The SMILES string of the molecule is CSC1C[C@H](C(C)C)N(S(=O)(=O)c2ccc(C)cc2)C[C@@H]1C(Cl)c1ccccc1. The van der Waals surface area contributed by atoms with Gasteiger partial charge in [-0.25, -0.2) is 8.42 Å². The highest BCUT2D eigenvalue weighted by molar-refractivity contribution is 7.99. The van der Waals surface area contributed by atoms with Crippen LogP contribution in [0.15, 0.2) is 59.5 Å². The lowest BCUT2D eigenvalue weighted by molar-refractivity contribution is 0.161. The summed E-state index contributed by atoms with van der Waals surface area (Å²) in [4.78, 5) is 0.362. The average molecular weight is 452 g/mol. The van der Waals surface area contributed by atoms with E-state index in [0.717, 1.165) is 17.5 Å². The summed E-state index contributed by atoms with van der Waals surface area (Å²) in [5.74, 6) is 0.278. The lowest BCUT2D eigenvalue weighted by atomic mass is 9.85. The Bertz CT molecular complexity index is 900. The van der Waals surface area contributed by atoms with Crippen LogP contribution in [0.5, 0.6) is 0 Å². The predicted molar refractivity (Wildman–Crippen MR) is 124 cm³/mol. The lowest BCUT2D eigenvalue weighted by Crippen LogP contribution is -2.53. The lowest BCUT2D eigenvalue weighted by Gasteiger charge is -2.45. The van der Waals surface area contributed by atoms with E-state index in [1.165, 1.54) is 0 Å². The number of hydrogen-bond acceptors (Lipinski definition) is 3. The van der Waals surface area contributed by atoms with Gasteiger partial charge in [-0.1, -0.05) is 61.9 Å². The van der Waals surface area contributed by atoms with E-state index in [-0.39, 0.29) is 23.3 Å². The Morgan fingerprint density at radius 2 is 1.69 bits per heavy atom. The summed E-state index contributed by atoms with van der Waals surface area (Å²) in [6, 6.07) is 17.1. The van der Waals surface area contributed by atoms with E-state index in [2.05, 4.69) is 20.1 Å². The maximum Gasteiger partial charge on any atom is 0.243 e. The van der Waals surface area contributed by atoms with Crippen molar-refractivity contribution in [2.24, 2.45) is 11.8 Å². The summed E-state index contributed by atoms with van der Waals surface area (Å²) in [5, 5.41) is 0.0899. The summed E-state index contributed by atoms with van der Waals surface area (Å²) in [6.07, 6.45) is 2.92. The molecule has 1 fully saturated rings. The van der Waals surface area contributed by atoms with Gasteiger partial charge in [0.05, 0.1) is 10.3 Å². The topological polar surface area (TPSA) is 37.4 Å². The fourth-order valence-corrected chi connectivity index (χ4v) is 7.43. The van der Waals surface area contributed by atoms with Crippen LogP contribution in [0.25, 0.3) is 0 Å². The molecule has 3 rings (SSSR count). The van der Waals surface area contributed by atoms with Crippen LogP contribution in [0, 0.1) is 18.8 Å². The van der Waals surface area contributed by atoms with Crippen molar-refractivity contribution in [1.29, 1.82) is 0 Å². The fraction of sp³-hybridized carbons (Fsp3) is 0.478. The van der Waals surface area contributed by atoms with Crippen molar-refractivity contribution in [1.82, 2.24) is 4.31 Å². The summed E-state index contributed by atoms with van der Waals surface area (Å²) < 4.78 is 28.9. The first-order chi connectivity index (χ1) is 13.8. The molecule has 0 saturated carbocycles. The number of halogens is 1. The first-order valence-electron chi connectivity index (χ1n) is 10.1. The number of sulfonamides is 1. The second kappa shape index (κ2) is 9.42. The molecular formula is C23H30ClNO2S2. The smallest absolute Gasteiger partial charge is 0.207 e. The van der Waals surface area contributed by atoms with Gasteiger partial charge < -0.3 is 0 Å². The molecule has 1 saturated heterocycles. The zero-order chi connectivity index (χ0) is 21.2. The molecule has 29 heavy (non-hydrogen) atoms. The number of nitrogens with zero attached hydrogens (tertiary/aromatic N) is 1. The third-order valence-corrected chi connectivity index (χ3v) is 9.53. The molecule has 0 N–H and O–H groups in total. The standard InChI is InChI=1S/C23H30ClNO2S2/c1-16(2)21-14-22(28-4)20(23(24)18-8-6-5-7-9-18)15-25(21)29(26,27)19-12-10-17(3)11-13-19/h5-13,16,20-23H,14-15H2,1-4H3/t20-,21+,22?,23?/m0/s1. The molecule has 6 heteroatoms. The van der Waals surface area contributed by atoms with Crippen LogP contribution >= 0.6 is 23.4 Å². The highest BCUT2D eigenvalue weighted by Crippen LogP contribution is 2.44. The zero-order valence-electron chi connectivity index (χ0n) is 17.5. The quantitative estimate of drug-likeness (QED) is 0.525. The molecule has 2 unspecified atom stereocenters. The molecular weight excluding hydrogens is 422 g/mol. The second-order valence-corrected chi connectivity index (χ2v) is 11.6. The molecule has 1 aliphatic rings. The van der Waals surface area contributed by atoms with Crippen LogP contribution in [-0.4, -0.2) is 36.8 Å². The van der Waals surface area contributed by atoms with Gasteiger partial charge in [0.25, 0.3) is 0 Å². The van der Waals surface area contributed by atoms with E-state index >= 15 is 0 Å². The van der Waals surface area contributed by atoms with Gasteiger partial charge in [0.1, 0.15) is 0 Å². The number of piperidine rings is 1. The van der Waals surface area contributed by atoms with E-state index < -0.39 is 10.0 Å². The molecule has 0 radical (unpaired) electrons. The fourth-order valence-electron chi connectivity index (χ4n) is 4.15. The monoisotopic (exact) mass is 451 g/mol. The zero-order valence-corrected chi connectivity index (χ0v) is 19.8. The van der Waals surface area contributed by atoms with Gasteiger partial charge in [0.2, 0.25) is 10.0 Å². The van der Waals surface area contributed by atoms with Crippen LogP contribution in [0.1, 0.15) is 36.8 Å². The molecule has 2 aromatic rings. The molecule has 0 aromatic heterocycles. The van der Waals surface area contributed by atoms with Gasteiger partial charge in [0, 0.05) is 23.8 Å². The number of aryl methyl sites for hydroxylation is 1. The number of alkyl halides is 1. The van der Waals surface area contributed by atoms with Gasteiger partial charge in [-0.3, -0.25) is 0 Å². The van der Waals surface area contributed by atoms with Crippen molar-refractivity contribution in [2.45, 2.75) is 48.8 Å². The van der Waals surface area contributed by atoms with E-state index in [9.17, 15) is 8.42 Å². The molecule has 0 aliphatic carbocycles. The third-order valence-electron chi connectivity index (χ3n) is 5.91. The summed E-state index contributed by atoms with van der Waals surface area (Å²) >= 11 is 8.74. The van der Waals surface area contributed by atoms with E-state index in [1.807, 2.05) is 49.4 Å². The first kappa shape index (κ1) is 22.7. The van der Waals surface area contributed by atoms with Crippen molar-refractivity contribution in [3.8, 4) is 0 Å². The Labute approximate surface area is 184 Å². The maximum absolute atomic E-state index is 13.6. The maximum atomic E-state index is 13.6. The Balaban J connectivity index is 1.98. The number of rotatable bonds is 6. The summed E-state index contributed by atoms with van der Waals surface area (Å²) in [7, 11) is -3.59. The molecule has 3 nitrogen and oxygen atoms in total. The molecule has 0 amide bonds. The molecule has 158 valence electrons. The van der Waals surface area contributed by atoms with Gasteiger partial charge in [-0.05, 0) is 43.2 Å². The van der Waals surface area contributed by atoms with Crippen LogP contribution in [-0.2, 0) is 10.0 Å². The molecule has 0 bridgehead atoms. The van der Waals surface area contributed by atoms with Crippen molar-refractivity contribution < 1.29 is 8.42 Å². The first-order valence-corrected chi connectivity index (χ1v) is 13.2. The third kappa shape index (κ3) is 4.84. The minimum atomic E-state index is -3.59. The van der Waals surface area contributed by atoms with Crippen molar-refractivity contribution in [3.05, 3.63) is 65.7 Å². The normalized spacial score (nSPS) is 24.6. The Kier molecular flexibility index (Phi) is 7.36. The van der Waals surface area contributed by atoms with Crippen LogP contribution in [0.3, 0.4) is 0 Å². The number of hydrogen-bond donors (Lipinski definition) is 0. The Morgan fingerprint density at radius 1 is 1.07 bits per heavy atom. The van der Waals surface area contributed by atoms with Gasteiger partial charge in [0.15, 0.2) is 0 Å². The second-order valence-electron chi connectivity index (χ2n) is 8.19. The van der Waals surface area contributed by atoms with Crippen molar-refractivity contribution >= 4 is 33.4 Å². The number of benzene rings is 2. The van der Waals surface area contributed by atoms with Crippen LogP contribution in [0.4, 0.5) is 0 Å². The van der Waals surface area contributed by atoms with E-state index in [4.69, 9.17) is 11.6 Å². The van der Waals surface area contributed by atoms with Gasteiger partial charge >= 0.3 is 0 Å². The minimum Gasteiger partial charge on any atom is -0.207 e. The van der Waals surface area contributed by atoms with Crippen LogP contribution < -0.4 is 0 Å². The number of thioether (sulfide) groups is 1. The van der Waals surface area contributed by atoms with E-state index in [1.54, 1.807) is 28.2 Å². The predicted octanol–water partition coefficient (Wildman–Crippen LogP) is 5.74. The van der Waals surface area contributed by atoms with Gasteiger partial charge in [-0.15, -0.1) is 11.6 Å². The van der Waals surface area contributed by atoms with Crippen molar-refractivity contribution in [2.75, 3.05) is 12.8 Å². The van der Waals surface area contributed by atoms with Crippen molar-refractivity contribution in [3.63, 3.8) is 0 Å². The minimum absolute atomic E-state index is 0.0327. The van der Waals surface area contributed by atoms with E-state index in [0.29, 0.717) is 16.7 Å². The Morgan fingerprint density at radius 3 is 2.24 bits per heavy atom. The molecule has 2 aromatic carbocycles. The summed E-state index contributed by atoms with van der Waals surface area (Å²) in [5.41, 5.74) is 2.10. The Hall–Kier alpha value is -1.01. The molecule has 1 heterocycles. The highest BCUT2D eigenvalue weighted by Gasteiger charge is 2.45. The van der Waals surface area contributed by atoms with Gasteiger partial charge in [-0.2, -0.15) is 16.1 Å². The molecule has 4 atom stereocenters. The highest BCUT2D eigenvalue weighted by atomic mass is 35.5. The summed E-state index contributed by atoms with van der Waals surface area (Å²) in [6.45, 7) is 6.61. The largest absolute Gasteiger partial charge is 0.243 e.